The molecule has 0 N–H and O–H groups in total. The van der Waals surface area contributed by atoms with Crippen LogP contribution in [0.4, 0.5) is 4.79 Å². The van der Waals surface area contributed by atoms with Gasteiger partial charge in [0, 0.05) is 25.2 Å². The van der Waals surface area contributed by atoms with Gasteiger partial charge in [-0.3, -0.25) is 4.90 Å². The number of hydrogen-bond donors (Lipinski definition) is 0. The number of aromatic nitrogens is 2. The van der Waals surface area contributed by atoms with E-state index in [0.29, 0.717) is 18.2 Å². The lowest BCUT2D eigenvalue weighted by atomic mass is 10.1. The van der Waals surface area contributed by atoms with Crippen molar-refractivity contribution in [2.24, 2.45) is 0 Å². The Hall–Kier alpha value is -1.85. The molecule has 1 saturated heterocycles. The van der Waals surface area contributed by atoms with Crippen LogP contribution >= 0.6 is 0 Å². The number of carbonyl (C=O) groups is 1. The van der Waals surface area contributed by atoms with Crippen molar-refractivity contribution in [1.82, 2.24) is 14.9 Å². The van der Waals surface area contributed by atoms with Gasteiger partial charge in [0.05, 0.1) is 6.10 Å². The Kier molecular flexibility index (Phi) is 4.76. The number of ether oxygens (including phenoxy) is 2. The van der Waals surface area contributed by atoms with Crippen LogP contribution in [0, 0.1) is 6.92 Å². The molecular weight excluding hydrogens is 258 g/mol. The summed E-state index contributed by atoms with van der Waals surface area (Å²) in [6.07, 6.45) is 3.66. The quantitative estimate of drug-likeness (QED) is 0.850. The van der Waals surface area contributed by atoms with E-state index in [2.05, 4.69) is 9.97 Å². The van der Waals surface area contributed by atoms with Gasteiger partial charge < -0.3 is 9.47 Å². The predicted octanol–water partition coefficient (Wildman–Crippen LogP) is 2.52. The number of rotatable bonds is 3. The van der Waals surface area contributed by atoms with E-state index in [4.69, 9.17) is 9.47 Å². The average Bonchev–Trinajstić information content (AvgIpc) is 2.38. The fourth-order valence-corrected chi connectivity index (χ4v) is 2.14. The Morgan fingerprint density at radius 3 is 2.95 bits per heavy atom. The van der Waals surface area contributed by atoms with Crippen molar-refractivity contribution < 1.29 is 14.3 Å². The van der Waals surface area contributed by atoms with E-state index in [1.807, 2.05) is 13.8 Å². The number of nitrogens with zero attached hydrogens (tertiary/aromatic N) is 3. The van der Waals surface area contributed by atoms with Crippen LogP contribution in [0.25, 0.3) is 0 Å². The highest BCUT2D eigenvalue weighted by molar-refractivity contribution is 5.68. The van der Waals surface area contributed by atoms with Crippen LogP contribution in [-0.2, 0) is 4.74 Å². The van der Waals surface area contributed by atoms with E-state index >= 15 is 0 Å². The number of carbonyl (C=O) groups excluding carboxylic acids is 1. The molecule has 0 spiro atoms. The van der Waals surface area contributed by atoms with Crippen molar-refractivity contribution in [2.45, 2.75) is 52.4 Å². The highest BCUT2D eigenvalue weighted by Crippen LogP contribution is 2.21. The van der Waals surface area contributed by atoms with Gasteiger partial charge >= 0.3 is 6.09 Å². The molecule has 0 radical (unpaired) electrons. The number of piperidine rings is 1. The summed E-state index contributed by atoms with van der Waals surface area (Å²) in [5, 5.41) is 0. The molecule has 1 aliphatic heterocycles. The zero-order chi connectivity index (χ0) is 14.5. The third kappa shape index (κ3) is 3.82. The van der Waals surface area contributed by atoms with Crippen LogP contribution in [0.15, 0.2) is 12.3 Å². The molecule has 1 unspecified atom stereocenters. The highest BCUT2D eigenvalue weighted by atomic mass is 16.6. The molecule has 2 heterocycles. The highest BCUT2D eigenvalue weighted by Gasteiger charge is 2.30. The number of aryl methyl sites for hydroxylation is 1. The van der Waals surface area contributed by atoms with Gasteiger partial charge in [0.2, 0.25) is 5.88 Å². The maximum atomic E-state index is 12.1. The van der Waals surface area contributed by atoms with Crippen molar-refractivity contribution in [3.8, 4) is 5.88 Å². The summed E-state index contributed by atoms with van der Waals surface area (Å²) in [6, 6.07) is 1.70. The van der Waals surface area contributed by atoms with E-state index in [1.165, 1.54) is 0 Å². The zero-order valence-corrected chi connectivity index (χ0v) is 12.2. The van der Waals surface area contributed by atoms with Gasteiger partial charge in [-0.1, -0.05) is 0 Å². The topological polar surface area (TPSA) is 64.5 Å². The fourth-order valence-electron chi connectivity index (χ4n) is 2.14. The molecule has 0 aromatic carbocycles. The molecule has 0 aliphatic carbocycles. The fraction of sp³-hybridized carbons (Fsp3) is 0.643. The Morgan fingerprint density at radius 2 is 2.25 bits per heavy atom. The minimum absolute atomic E-state index is 0.133. The average molecular weight is 279 g/mol. The Bertz CT molecular complexity index is 465. The normalized spacial score (nSPS) is 19.0. The molecule has 6 nitrogen and oxygen atoms in total. The first-order valence-corrected chi connectivity index (χ1v) is 7.00. The molecule has 1 aromatic heterocycles. The molecule has 1 amide bonds. The molecule has 0 saturated carbocycles. The summed E-state index contributed by atoms with van der Waals surface area (Å²) in [5.74, 6) is 1.14. The molecular formula is C14H21N3O3. The summed E-state index contributed by atoms with van der Waals surface area (Å²) in [4.78, 5) is 21.9. The molecule has 20 heavy (non-hydrogen) atoms. The third-order valence-electron chi connectivity index (χ3n) is 3.03. The second-order valence-corrected chi connectivity index (χ2v) is 5.14. The molecule has 1 aromatic rings. The summed E-state index contributed by atoms with van der Waals surface area (Å²) in [5.41, 5.74) is 0. The number of amides is 1. The third-order valence-corrected chi connectivity index (χ3v) is 3.03. The zero-order valence-electron chi connectivity index (χ0n) is 12.2. The molecule has 1 atom stereocenters. The van der Waals surface area contributed by atoms with Gasteiger partial charge in [0.25, 0.3) is 0 Å². The Labute approximate surface area is 119 Å². The van der Waals surface area contributed by atoms with Crippen LogP contribution in [0.2, 0.25) is 0 Å². The molecule has 110 valence electrons. The molecule has 0 bridgehead atoms. The number of hydrogen-bond acceptors (Lipinski definition) is 5. The lowest BCUT2D eigenvalue weighted by Crippen LogP contribution is -2.47. The second-order valence-electron chi connectivity index (χ2n) is 5.14. The van der Waals surface area contributed by atoms with Crippen LogP contribution in [-0.4, -0.2) is 39.8 Å². The van der Waals surface area contributed by atoms with Gasteiger partial charge in [-0.25, -0.2) is 9.78 Å². The van der Waals surface area contributed by atoms with Crippen molar-refractivity contribution in [3.63, 3.8) is 0 Å². The standard InChI is InChI=1S/C14H21N3O3/c1-10(2)19-14(18)17-9-5-4-6-13(17)20-12-7-8-15-11(3)16-12/h7-8,10,13H,4-6,9H2,1-3H3. The van der Waals surface area contributed by atoms with Gasteiger partial charge in [-0.2, -0.15) is 4.98 Å². The van der Waals surface area contributed by atoms with Crippen molar-refractivity contribution in [3.05, 3.63) is 18.1 Å². The molecule has 1 aliphatic rings. The minimum Gasteiger partial charge on any atom is -0.453 e. The molecule has 1 fully saturated rings. The largest absolute Gasteiger partial charge is 0.453 e. The molecule has 2 rings (SSSR count). The number of likely N-dealkylation sites (tertiary alicyclic amines) is 1. The van der Waals surface area contributed by atoms with Gasteiger partial charge in [-0.15, -0.1) is 0 Å². The van der Waals surface area contributed by atoms with Crippen LogP contribution in [0.1, 0.15) is 38.9 Å². The van der Waals surface area contributed by atoms with Gasteiger partial charge in [0.15, 0.2) is 6.23 Å². The summed E-state index contributed by atoms with van der Waals surface area (Å²) in [7, 11) is 0. The van der Waals surface area contributed by atoms with Gasteiger partial charge in [0.1, 0.15) is 5.82 Å². The van der Waals surface area contributed by atoms with Crippen molar-refractivity contribution >= 4 is 6.09 Å². The Balaban J connectivity index is 2.05. The van der Waals surface area contributed by atoms with Crippen molar-refractivity contribution in [1.29, 1.82) is 0 Å². The van der Waals surface area contributed by atoms with E-state index in [0.717, 1.165) is 19.3 Å². The van der Waals surface area contributed by atoms with E-state index in [1.54, 1.807) is 24.1 Å². The lowest BCUT2D eigenvalue weighted by molar-refractivity contribution is -0.0163. The maximum absolute atomic E-state index is 12.1. The molecule has 6 heteroatoms. The summed E-state index contributed by atoms with van der Waals surface area (Å²) < 4.78 is 11.1. The maximum Gasteiger partial charge on any atom is 0.412 e. The van der Waals surface area contributed by atoms with E-state index in [-0.39, 0.29) is 18.4 Å². The smallest absolute Gasteiger partial charge is 0.412 e. The second kappa shape index (κ2) is 6.54. The minimum atomic E-state index is -0.324. The van der Waals surface area contributed by atoms with Crippen molar-refractivity contribution in [2.75, 3.05) is 6.54 Å². The SMILES string of the molecule is Cc1nccc(OC2CCCCN2C(=O)OC(C)C)n1. The van der Waals surface area contributed by atoms with Crippen LogP contribution in [0.5, 0.6) is 5.88 Å². The van der Waals surface area contributed by atoms with E-state index in [9.17, 15) is 4.79 Å². The Morgan fingerprint density at radius 1 is 1.45 bits per heavy atom. The van der Waals surface area contributed by atoms with E-state index < -0.39 is 0 Å². The van der Waals surface area contributed by atoms with Gasteiger partial charge in [-0.05, 0) is 33.6 Å². The first-order valence-electron chi connectivity index (χ1n) is 7.00. The summed E-state index contributed by atoms with van der Waals surface area (Å²) in [6.45, 7) is 6.13. The first kappa shape index (κ1) is 14.6. The predicted molar refractivity (Wildman–Crippen MR) is 73.4 cm³/mol. The lowest BCUT2D eigenvalue weighted by Gasteiger charge is -2.34. The van der Waals surface area contributed by atoms with Crippen LogP contribution < -0.4 is 4.74 Å². The monoisotopic (exact) mass is 279 g/mol. The van der Waals surface area contributed by atoms with Crippen LogP contribution in [0.3, 0.4) is 0 Å². The first-order chi connectivity index (χ1) is 9.56. The summed E-state index contributed by atoms with van der Waals surface area (Å²) >= 11 is 0.